The number of nitrogens with one attached hydrogen (secondary N) is 2. The summed E-state index contributed by atoms with van der Waals surface area (Å²) in [5, 5.41) is 14.7. The Kier molecular flexibility index (Phi) is 1.71. The molecule has 1 saturated heterocycles. The fourth-order valence-electron chi connectivity index (χ4n) is 3.51. The van der Waals surface area contributed by atoms with Crippen LogP contribution >= 0.6 is 0 Å². The molecule has 2 heterocycles. The van der Waals surface area contributed by atoms with Crippen molar-refractivity contribution in [3.63, 3.8) is 0 Å². The van der Waals surface area contributed by atoms with Gasteiger partial charge >= 0.3 is 0 Å². The number of aromatic amines is 1. The van der Waals surface area contributed by atoms with E-state index in [0.717, 1.165) is 23.9 Å². The highest BCUT2D eigenvalue weighted by atomic mass is 16.3. The molecule has 4 rings (SSSR count). The van der Waals surface area contributed by atoms with Crippen molar-refractivity contribution in [2.24, 2.45) is 0 Å². The molecular weight excluding hydrogens is 212 g/mol. The van der Waals surface area contributed by atoms with E-state index in [-0.39, 0.29) is 0 Å². The van der Waals surface area contributed by atoms with Gasteiger partial charge in [0.25, 0.3) is 0 Å². The zero-order valence-electron chi connectivity index (χ0n) is 9.88. The Morgan fingerprint density at radius 3 is 3.12 bits per heavy atom. The van der Waals surface area contributed by atoms with E-state index < -0.39 is 0 Å². The van der Waals surface area contributed by atoms with Crippen LogP contribution in [0.15, 0.2) is 12.1 Å². The molecule has 1 fully saturated rings. The van der Waals surface area contributed by atoms with Gasteiger partial charge in [-0.15, -0.1) is 0 Å². The molecule has 3 nitrogen and oxygen atoms in total. The van der Waals surface area contributed by atoms with Crippen molar-refractivity contribution in [3.05, 3.63) is 29.0 Å². The van der Waals surface area contributed by atoms with Gasteiger partial charge in [0.15, 0.2) is 0 Å². The molecule has 1 aliphatic carbocycles. The minimum atomic E-state index is 0.421. The van der Waals surface area contributed by atoms with Crippen molar-refractivity contribution in [2.45, 2.75) is 31.7 Å². The first-order chi connectivity index (χ1) is 8.24. The van der Waals surface area contributed by atoms with Crippen LogP contribution in [-0.4, -0.2) is 22.7 Å². The Hall–Kier alpha value is -1.48. The number of aromatic hydroxyl groups is 1. The van der Waals surface area contributed by atoms with Crippen LogP contribution in [0.4, 0.5) is 0 Å². The van der Waals surface area contributed by atoms with Crippen LogP contribution in [0.5, 0.6) is 5.75 Å². The number of hydrogen-bond donors (Lipinski definition) is 3. The van der Waals surface area contributed by atoms with Crippen molar-refractivity contribution in [3.8, 4) is 5.75 Å². The predicted octanol–water partition coefficient (Wildman–Crippen LogP) is 2.18. The van der Waals surface area contributed by atoms with Gasteiger partial charge in [-0.05, 0) is 37.0 Å². The van der Waals surface area contributed by atoms with Crippen LogP contribution in [0.1, 0.15) is 29.2 Å². The van der Waals surface area contributed by atoms with Crippen LogP contribution in [-0.2, 0) is 6.42 Å². The van der Waals surface area contributed by atoms with Gasteiger partial charge < -0.3 is 15.4 Å². The maximum Gasteiger partial charge on any atom is 0.125 e. The summed E-state index contributed by atoms with van der Waals surface area (Å²) in [6, 6.07) is 4.40. The predicted molar refractivity (Wildman–Crippen MR) is 67.6 cm³/mol. The number of phenols is 1. The molecule has 2 aliphatic rings. The largest absolute Gasteiger partial charge is 0.507 e. The van der Waals surface area contributed by atoms with Gasteiger partial charge in [-0.25, -0.2) is 0 Å². The van der Waals surface area contributed by atoms with Gasteiger partial charge in [0.1, 0.15) is 5.75 Å². The van der Waals surface area contributed by atoms with Gasteiger partial charge in [0.05, 0.1) is 5.52 Å². The number of phenolic OH excluding ortho intramolecular Hbond substituents is 1. The second-order valence-electron chi connectivity index (χ2n) is 5.41. The maximum absolute atomic E-state index is 10.1. The van der Waals surface area contributed by atoms with E-state index in [1.807, 2.05) is 12.1 Å². The van der Waals surface area contributed by atoms with Crippen LogP contribution < -0.4 is 5.32 Å². The smallest absolute Gasteiger partial charge is 0.125 e. The minimum Gasteiger partial charge on any atom is -0.507 e. The van der Waals surface area contributed by atoms with Gasteiger partial charge in [-0.2, -0.15) is 0 Å². The topological polar surface area (TPSA) is 48.0 Å². The van der Waals surface area contributed by atoms with Crippen molar-refractivity contribution >= 4 is 10.9 Å². The average molecular weight is 228 g/mol. The molecule has 0 amide bonds. The highest BCUT2D eigenvalue weighted by Crippen LogP contribution is 2.42. The third kappa shape index (κ3) is 1.15. The second kappa shape index (κ2) is 3.05. The Bertz CT molecular complexity index is 614. The normalized spacial score (nSPS) is 26.4. The zero-order chi connectivity index (χ0) is 11.6. The van der Waals surface area contributed by atoms with E-state index in [4.69, 9.17) is 0 Å². The first-order valence-electron chi connectivity index (χ1n) is 6.30. The number of aromatic nitrogens is 1. The fraction of sp³-hybridized carbons (Fsp3) is 0.429. The van der Waals surface area contributed by atoms with Gasteiger partial charge in [-0.1, -0.05) is 6.07 Å². The number of hydrogen-bond acceptors (Lipinski definition) is 2. The summed E-state index contributed by atoms with van der Waals surface area (Å²) in [5.41, 5.74) is 5.04. The SMILES string of the molecule is Cc1ccc(O)c2c3c([nH]c12)C1CN[C@H](C3)C1. The molecule has 1 aliphatic heterocycles. The highest BCUT2D eigenvalue weighted by molar-refractivity contribution is 5.93. The van der Waals surface area contributed by atoms with E-state index in [9.17, 15) is 5.11 Å². The Morgan fingerprint density at radius 2 is 2.24 bits per heavy atom. The standard InChI is InChI=1S/C14H16N2O/c1-7-2-3-11(17)12-10-5-9-4-8(6-15-9)14(10)16-13(7)12/h2-3,8-9,15-17H,4-6H2,1H3/t8?,9-/m0/s1. The van der Waals surface area contributed by atoms with Gasteiger partial charge in [0.2, 0.25) is 0 Å². The third-order valence-electron chi connectivity index (χ3n) is 4.36. The number of H-pyrrole nitrogens is 1. The first kappa shape index (κ1) is 9.54. The van der Waals surface area contributed by atoms with Crippen LogP contribution in [0.3, 0.4) is 0 Å². The number of benzene rings is 1. The summed E-state index contributed by atoms with van der Waals surface area (Å²) < 4.78 is 0. The number of rotatable bonds is 0. The summed E-state index contributed by atoms with van der Waals surface area (Å²) in [4.78, 5) is 3.55. The summed E-state index contributed by atoms with van der Waals surface area (Å²) in [6.45, 7) is 3.17. The van der Waals surface area contributed by atoms with Gasteiger partial charge in [-0.3, -0.25) is 0 Å². The highest BCUT2D eigenvalue weighted by Gasteiger charge is 2.35. The molecule has 2 bridgehead atoms. The molecule has 2 aromatic rings. The molecular formula is C14H16N2O. The van der Waals surface area contributed by atoms with Crippen molar-refractivity contribution in [1.82, 2.24) is 10.3 Å². The van der Waals surface area contributed by atoms with Crippen molar-refractivity contribution < 1.29 is 5.11 Å². The van der Waals surface area contributed by atoms with Crippen molar-refractivity contribution in [1.29, 1.82) is 0 Å². The van der Waals surface area contributed by atoms with Crippen LogP contribution in [0.25, 0.3) is 10.9 Å². The van der Waals surface area contributed by atoms with E-state index in [2.05, 4.69) is 17.2 Å². The molecule has 1 unspecified atom stereocenters. The number of fused-ring (bicyclic) bond motifs is 6. The lowest BCUT2D eigenvalue weighted by atomic mass is 9.87. The molecule has 0 saturated carbocycles. The van der Waals surface area contributed by atoms with E-state index >= 15 is 0 Å². The molecule has 1 aromatic heterocycles. The van der Waals surface area contributed by atoms with E-state index in [0.29, 0.717) is 17.7 Å². The molecule has 3 N–H and O–H groups in total. The zero-order valence-corrected chi connectivity index (χ0v) is 9.88. The summed E-state index contributed by atoms with van der Waals surface area (Å²) in [6.07, 6.45) is 2.28. The summed E-state index contributed by atoms with van der Waals surface area (Å²) in [5.74, 6) is 1.03. The average Bonchev–Trinajstić information content (AvgIpc) is 2.88. The lowest BCUT2D eigenvalue weighted by Crippen LogP contribution is -2.23. The molecule has 3 heteroatoms. The molecule has 2 atom stereocenters. The quantitative estimate of drug-likeness (QED) is 0.647. The monoisotopic (exact) mass is 228 g/mol. The lowest BCUT2D eigenvalue weighted by molar-refractivity contribution is 0.480. The van der Waals surface area contributed by atoms with Crippen LogP contribution in [0, 0.1) is 6.92 Å². The second-order valence-corrected chi connectivity index (χ2v) is 5.41. The third-order valence-corrected chi connectivity index (χ3v) is 4.36. The lowest BCUT2D eigenvalue weighted by Gasteiger charge is -2.18. The summed E-state index contributed by atoms with van der Waals surface area (Å²) >= 11 is 0. The molecule has 0 radical (unpaired) electrons. The maximum atomic E-state index is 10.1. The minimum absolute atomic E-state index is 0.421. The van der Waals surface area contributed by atoms with E-state index in [1.54, 1.807) is 0 Å². The van der Waals surface area contributed by atoms with Gasteiger partial charge in [0, 0.05) is 29.6 Å². The molecule has 88 valence electrons. The molecule has 17 heavy (non-hydrogen) atoms. The first-order valence-corrected chi connectivity index (χ1v) is 6.30. The Morgan fingerprint density at radius 1 is 1.35 bits per heavy atom. The fourth-order valence-corrected chi connectivity index (χ4v) is 3.51. The van der Waals surface area contributed by atoms with Crippen LogP contribution in [0.2, 0.25) is 0 Å². The molecule has 0 spiro atoms. The number of aryl methyl sites for hydroxylation is 1. The Labute approximate surface area is 99.8 Å². The Balaban J connectivity index is 2.08. The molecule has 1 aromatic carbocycles. The van der Waals surface area contributed by atoms with Crippen molar-refractivity contribution in [2.75, 3.05) is 6.54 Å². The van der Waals surface area contributed by atoms with E-state index in [1.165, 1.54) is 23.2 Å². The summed E-state index contributed by atoms with van der Waals surface area (Å²) in [7, 11) is 0.